The first-order valence-corrected chi connectivity index (χ1v) is 5.19. The molecule has 2 heterocycles. The molecule has 6 nitrogen and oxygen atoms in total. The number of aromatic nitrogens is 4. The number of amides is 1. The molecular formula is C9H5Cl2N5O. The molecule has 1 amide bonds. The topological polar surface area (TPSA) is 80.7 Å². The Bertz CT molecular complexity index is 548. The molecule has 0 saturated carbocycles. The van der Waals surface area contributed by atoms with Crippen LogP contribution in [-0.4, -0.2) is 26.1 Å². The molecule has 0 atom stereocenters. The van der Waals surface area contributed by atoms with E-state index in [4.69, 9.17) is 23.2 Å². The lowest BCUT2D eigenvalue weighted by Gasteiger charge is -2.03. The molecule has 0 aliphatic carbocycles. The van der Waals surface area contributed by atoms with E-state index in [1.165, 1.54) is 18.5 Å². The first-order valence-electron chi connectivity index (χ1n) is 4.44. The van der Waals surface area contributed by atoms with Crippen LogP contribution in [0.15, 0.2) is 24.5 Å². The van der Waals surface area contributed by atoms with Gasteiger partial charge in [0.25, 0.3) is 5.91 Å². The first kappa shape index (κ1) is 11.7. The molecule has 0 fully saturated rings. The van der Waals surface area contributed by atoms with Crippen molar-refractivity contribution in [2.24, 2.45) is 0 Å². The predicted molar refractivity (Wildman–Crippen MR) is 62.0 cm³/mol. The van der Waals surface area contributed by atoms with Gasteiger partial charge in [0.2, 0.25) is 5.95 Å². The molecule has 0 unspecified atom stereocenters. The molecule has 1 N–H and O–H groups in total. The van der Waals surface area contributed by atoms with Crippen LogP contribution in [0.25, 0.3) is 0 Å². The molecule has 2 aromatic rings. The SMILES string of the molecule is O=C(Nc1ncccn1)c1cc(Cl)nnc1Cl. The van der Waals surface area contributed by atoms with Crippen molar-refractivity contribution in [3.8, 4) is 0 Å². The monoisotopic (exact) mass is 269 g/mol. The van der Waals surface area contributed by atoms with E-state index in [2.05, 4.69) is 25.5 Å². The predicted octanol–water partition coefficient (Wildman–Crippen LogP) is 1.83. The van der Waals surface area contributed by atoms with Gasteiger partial charge in [-0.15, -0.1) is 10.2 Å². The summed E-state index contributed by atoms with van der Waals surface area (Å²) in [6, 6.07) is 2.95. The number of anilines is 1. The van der Waals surface area contributed by atoms with Crippen LogP contribution in [0, 0.1) is 0 Å². The molecule has 0 radical (unpaired) electrons. The minimum atomic E-state index is -0.502. The molecule has 0 aliphatic heterocycles. The van der Waals surface area contributed by atoms with Gasteiger partial charge in [-0.1, -0.05) is 23.2 Å². The fourth-order valence-electron chi connectivity index (χ4n) is 1.04. The lowest BCUT2D eigenvalue weighted by Crippen LogP contribution is -2.15. The third kappa shape index (κ3) is 2.86. The van der Waals surface area contributed by atoms with Gasteiger partial charge in [0, 0.05) is 12.4 Å². The highest BCUT2D eigenvalue weighted by atomic mass is 35.5. The molecule has 0 bridgehead atoms. The average Bonchev–Trinajstić information content (AvgIpc) is 2.33. The molecule has 2 aromatic heterocycles. The summed E-state index contributed by atoms with van der Waals surface area (Å²) in [7, 11) is 0. The summed E-state index contributed by atoms with van der Waals surface area (Å²) in [5.74, 6) is -0.334. The van der Waals surface area contributed by atoms with Crippen molar-refractivity contribution in [1.82, 2.24) is 20.2 Å². The summed E-state index contributed by atoms with van der Waals surface area (Å²) >= 11 is 11.3. The fourth-order valence-corrected chi connectivity index (χ4v) is 1.37. The Morgan fingerprint density at radius 2 is 1.88 bits per heavy atom. The van der Waals surface area contributed by atoms with Gasteiger partial charge >= 0.3 is 0 Å². The Morgan fingerprint density at radius 1 is 1.18 bits per heavy atom. The Balaban J connectivity index is 2.23. The molecule has 0 spiro atoms. The van der Waals surface area contributed by atoms with E-state index >= 15 is 0 Å². The highest BCUT2D eigenvalue weighted by Gasteiger charge is 2.14. The molecule has 0 aliphatic rings. The van der Waals surface area contributed by atoms with Gasteiger partial charge in [-0.05, 0) is 12.1 Å². The number of nitrogens with one attached hydrogen (secondary N) is 1. The van der Waals surface area contributed by atoms with E-state index in [0.717, 1.165) is 0 Å². The normalized spacial score (nSPS) is 10.0. The molecule has 0 saturated heterocycles. The number of rotatable bonds is 2. The van der Waals surface area contributed by atoms with Gasteiger partial charge < -0.3 is 0 Å². The quantitative estimate of drug-likeness (QED) is 0.900. The highest BCUT2D eigenvalue weighted by Crippen LogP contribution is 2.16. The smallest absolute Gasteiger partial charge is 0.261 e. The minimum Gasteiger partial charge on any atom is -0.290 e. The zero-order valence-electron chi connectivity index (χ0n) is 8.26. The summed E-state index contributed by atoms with van der Waals surface area (Å²) in [5, 5.41) is 9.52. The summed E-state index contributed by atoms with van der Waals surface area (Å²) in [6.07, 6.45) is 3.00. The van der Waals surface area contributed by atoms with Crippen molar-refractivity contribution < 1.29 is 4.79 Å². The van der Waals surface area contributed by atoms with Crippen molar-refractivity contribution in [2.45, 2.75) is 0 Å². The summed E-state index contributed by atoms with van der Waals surface area (Å²) in [6.45, 7) is 0. The maximum absolute atomic E-state index is 11.8. The van der Waals surface area contributed by atoms with Crippen LogP contribution >= 0.6 is 23.2 Å². The van der Waals surface area contributed by atoms with Crippen LogP contribution < -0.4 is 5.32 Å². The lowest BCUT2D eigenvalue weighted by molar-refractivity contribution is 0.102. The molecule has 2 rings (SSSR count). The third-order valence-electron chi connectivity index (χ3n) is 1.75. The number of carbonyl (C=O) groups is 1. The summed E-state index contributed by atoms with van der Waals surface area (Å²) in [4.78, 5) is 19.5. The third-order valence-corrected chi connectivity index (χ3v) is 2.22. The van der Waals surface area contributed by atoms with Crippen molar-refractivity contribution in [1.29, 1.82) is 0 Å². The summed E-state index contributed by atoms with van der Waals surface area (Å²) in [5.41, 5.74) is 0.110. The number of nitrogens with zero attached hydrogens (tertiary/aromatic N) is 4. The Kier molecular flexibility index (Phi) is 3.46. The van der Waals surface area contributed by atoms with Crippen LogP contribution in [0.3, 0.4) is 0 Å². The average molecular weight is 270 g/mol. The largest absolute Gasteiger partial charge is 0.290 e. The van der Waals surface area contributed by atoms with Gasteiger partial charge in [0.05, 0.1) is 5.56 Å². The second-order valence-electron chi connectivity index (χ2n) is 2.90. The molecular weight excluding hydrogens is 265 g/mol. The van der Waals surface area contributed by atoms with E-state index in [-0.39, 0.29) is 21.8 Å². The van der Waals surface area contributed by atoms with Gasteiger partial charge in [-0.2, -0.15) is 0 Å². The number of hydrogen-bond donors (Lipinski definition) is 1. The molecule has 8 heteroatoms. The van der Waals surface area contributed by atoms with E-state index in [1.54, 1.807) is 6.07 Å². The van der Waals surface area contributed by atoms with E-state index in [9.17, 15) is 4.79 Å². The van der Waals surface area contributed by atoms with Gasteiger partial charge in [-0.3, -0.25) is 10.1 Å². The number of hydrogen-bond acceptors (Lipinski definition) is 5. The first-order chi connectivity index (χ1) is 8.16. The Hall–Kier alpha value is -1.79. The van der Waals surface area contributed by atoms with Gasteiger partial charge in [0.15, 0.2) is 10.3 Å². The molecule has 0 aromatic carbocycles. The van der Waals surface area contributed by atoms with Crippen molar-refractivity contribution in [2.75, 3.05) is 5.32 Å². The second kappa shape index (κ2) is 5.03. The van der Waals surface area contributed by atoms with E-state index in [0.29, 0.717) is 0 Å². The maximum Gasteiger partial charge on any atom is 0.261 e. The second-order valence-corrected chi connectivity index (χ2v) is 3.64. The number of halogens is 2. The fraction of sp³-hybridized carbons (Fsp3) is 0. The minimum absolute atomic E-state index is 0.0390. The maximum atomic E-state index is 11.8. The van der Waals surface area contributed by atoms with Crippen LogP contribution in [0.4, 0.5) is 5.95 Å². The van der Waals surface area contributed by atoms with Crippen LogP contribution in [0.2, 0.25) is 10.3 Å². The van der Waals surface area contributed by atoms with E-state index in [1.807, 2.05) is 0 Å². The standard InChI is InChI=1S/C9H5Cl2N5O/c10-6-4-5(7(11)16-15-6)8(17)14-9-12-2-1-3-13-9/h1-4H,(H,12,13,14,17). The van der Waals surface area contributed by atoms with Gasteiger partial charge in [0.1, 0.15) is 0 Å². The van der Waals surface area contributed by atoms with Crippen LogP contribution in [-0.2, 0) is 0 Å². The van der Waals surface area contributed by atoms with Crippen molar-refractivity contribution >= 4 is 35.1 Å². The Labute approximate surface area is 106 Å². The molecule has 17 heavy (non-hydrogen) atoms. The van der Waals surface area contributed by atoms with E-state index < -0.39 is 5.91 Å². The van der Waals surface area contributed by atoms with Crippen molar-refractivity contribution in [3.63, 3.8) is 0 Å². The zero-order valence-corrected chi connectivity index (χ0v) is 9.77. The van der Waals surface area contributed by atoms with Crippen LogP contribution in [0.5, 0.6) is 0 Å². The zero-order chi connectivity index (χ0) is 12.3. The van der Waals surface area contributed by atoms with Crippen LogP contribution in [0.1, 0.15) is 10.4 Å². The van der Waals surface area contributed by atoms with Crippen molar-refractivity contribution in [3.05, 3.63) is 40.4 Å². The highest BCUT2D eigenvalue weighted by molar-refractivity contribution is 6.34. The number of carbonyl (C=O) groups excluding carboxylic acids is 1. The summed E-state index contributed by atoms with van der Waals surface area (Å²) < 4.78 is 0. The molecule has 86 valence electrons. The van der Waals surface area contributed by atoms with Gasteiger partial charge in [-0.25, -0.2) is 9.97 Å². The Morgan fingerprint density at radius 3 is 2.59 bits per heavy atom. The lowest BCUT2D eigenvalue weighted by atomic mass is 10.3.